The Kier molecular flexibility index (Phi) is 7.02. The van der Waals surface area contributed by atoms with E-state index in [0.717, 1.165) is 17.5 Å². The van der Waals surface area contributed by atoms with Gasteiger partial charge in [0.2, 0.25) is 11.8 Å². The molecule has 0 spiro atoms. The van der Waals surface area contributed by atoms with Gasteiger partial charge in [0.15, 0.2) is 6.61 Å². The van der Waals surface area contributed by atoms with Crippen LogP contribution in [0.5, 0.6) is 0 Å². The van der Waals surface area contributed by atoms with Crippen LogP contribution in [0.25, 0.3) is 0 Å². The first-order valence-corrected chi connectivity index (χ1v) is 10.1. The van der Waals surface area contributed by atoms with E-state index < -0.39 is 18.5 Å². The molecule has 1 aliphatic rings. The first-order valence-electron chi connectivity index (χ1n) is 10.1. The molecule has 0 atom stereocenters. The zero-order chi connectivity index (χ0) is 22.4. The number of benzene rings is 2. The summed E-state index contributed by atoms with van der Waals surface area (Å²) in [5, 5.41) is 5.20. The summed E-state index contributed by atoms with van der Waals surface area (Å²) < 4.78 is 5.09. The number of rotatable bonds is 7. The molecule has 2 aromatic carbocycles. The molecule has 0 radical (unpaired) electrons. The van der Waals surface area contributed by atoms with E-state index in [-0.39, 0.29) is 23.9 Å². The minimum Gasteiger partial charge on any atom is -0.452 e. The number of aryl methyl sites for hydroxylation is 2. The van der Waals surface area contributed by atoms with Crippen molar-refractivity contribution in [3.05, 3.63) is 59.2 Å². The average Bonchev–Trinajstić information content (AvgIpc) is 3.19. The van der Waals surface area contributed by atoms with Crippen molar-refractivity contribution >= 4 is 35.1 Å². The summed E-state index contributed by atoms with van der Waals surface area (Å²) in [6.45, 7) is 3.53. The van der Waals surface area contributed by atoms with E-state index in [2.05, 4.69) is 10.6 Å². The van der Waals surface area contributed by atoms with Crippen LogP contribution in [0.3, 0.4) is 0 Å². The lowest BCUT2D eigenvalue weighted by molar-refractivity contribution is -0.126. The van der Waals surface area contributed by atoms with E-state index in [1.165, 1.54) is 0 Å². The Morgan fingerprint density at radius 2 is 1.71 bits per heavy atom. The fourth-order valence-electron chi connectivity index (χ4n) is 3.42. The predicted molar refractivity (Wildman–Crippen MR) is 116 cm³/mol. The zero-order valence-corrected chi connectivity index (χ0v) is 17.6. The summed E-state index contributed by atoms with van der Waals surface area (Å²) in [7, 11) is 0. The number of ether oxygens (including phenoxy) is 1. The monoisotopic (exact) mass is 423 g/mol. The summed E-state index contributed by atoms with van der Waals surface area (Å²) in [4.78, 5) is 50.2. The highest BCUT2D eigenvalue weighted by Crippen LogP contribution is 2.26. The number of anilines is 2. The molecular formula is C23H25N3O5. The van der Waals surface area contributed by atoms with Crippen molar-refractivity contribution in [2.75, 3.05) is 29.9 Å². The second-order valence-corrected chi connectivity index (χ2v) is 7.33. The van der Waals surface area contributed by atoms with Gasteiger partial charge in [0.25, 0.3) is 5.91 Å². The lowest BCUT2D eigenvalue weighted by Gasteiger charge is -2.18. The number of carbonyl (C=O) groups excluding carboxylic acids is 4. The van der Waals surface area contributed by atoms with Crippen LogP contribution in [0.4, 0.5) is 11.4 Å². The largest absolute Gasteiger partial charge is 0.452 e. The number of hydrogen-bond donors (Lipinski definition) is 2. The third-order valence-electron chi connectivity index (χ3n) is 5.01. The fourth-order valence-corrected chi connectivity index (χ4v) is 3.42. The molecule has 31 heavy (non-hydrogen) atoms. The molecule has 8 heteroatoms. The predicted octanol–water partition coefficient (Wildman–Crippen LogP) is 2.34. The van der Waals surface area contributed by atoms with Gasteiger partial charge in [-0.15, -0.1) is 0 Å². The van der Waals surface area contributed by atoms with Gasteiger partial charge in [0, 0.05) is 18.7 Å². The van der Waals surface area contributed by atoms with E-state index in [1.54, 1.807) is 29.2 Å². The number of amides is 3. The third kappa shape index (κ3) is 5.48. The van der Waals surface area contributed by atoms with Crippen molar-refractivity contribution in [1.82, 2.24) is 5.32 Å². The fraction of sp³-hybridized carbons (Fsp3) is 0.304. The molecule has 3 rings (SSSR count). The molecule has 0 unspecified atom stereocenters. The van der Waals surface area contributed by atoms with Gasteiger partial charge in [0.05, 0.1) is 17.8 Å². The van der Waals surface area contributed by atoms with Gasteiger partial charge in [-0.3, -0.25) is 14.4 Å². The summed E-state index contributed by atoms with van der Waals surface area (Å²) in [5.74, 6) is -1.73. The second-order valence-electron chi connectivity index (χ2n) is 7.33. The van der Waals surface area contributed by atoms with Crippen LogP contribution in [0.15, 0.2) is 42.5 Å². The van der Waals surface area contributed by atoms with Gasteiger partial charge >= 0.3 is 5.97 Å². The highest BCUT2D eigenvalue weighted by Gasteiger charge is 2.26. The average molecular weight is 423 g/mol. The first kappa shape index (κ1) is 22.0. The highest BCUT2D eigenvalue weighted by molar-refractivity contribution is 6.04. The molecule has 0 saturated carbocycles. The zero-order valence-electron chi connectivity index (χ0n) is 17.6. The summed E-state index contributed by atoms with van der Waals surface area (Å²) in [5.41, 5.74) is 3.25. The molecule has 8 nitrogen and oxygen atoms in total. The maximum atomic E-state index is 12.5. The highest BCUT2D eigenvalue weighted by atomic mass is 16.5. The SMILES string of the molecule is Cc1cccc(C)c1NC(=O)CNC(=O)COC(=O)c1ccccc1N1CCCC1=O. The smallest absolute Gasteiger partial charge is 0.340 e. The Hall–Kier alpha value is -3.68. The minimum absolute atomic E-state index is 0.0482. The number of esters is 1. The normalized spacial score (nSPS) is 13.1. The molecule has 3 amide bonds. The van der Waals surface area contributed by atoms with Crippen molar-refractivity contribution in [2.45, 2.75) is 26.7 Å². The Bertz CT molecular complexity index is 998. The van der Waals surface area contributed by atoms with Crippen molar-refractivity contribution in [2.24, 2.45) is 0 Å². The minimum atomic E-state index is -0.703. The van der Waals surface area contributed by atoms with E-state index >= 15 is 0 Å². The van der Waals surface area contributed by atoms with Crippen molar-refractivity contribution in [3.63, 3.8) is 0 Å². The third-order valence-corrected chi connectivity index (χ3v) is 5.01. The van der Waals surface area contributed by atoms with Gasteiger partial charge in [-0.25, -0.2) is 4.79 Å². The lowest BCUT2D eigenvalue weighted by Crippen LogP contribution is -2.36. The van der Waals surface area contributed by atoms with E-state index in [9.17, 15) is 19.2 Å². The number of nitrogens with zero attached hydrogens (tertiary/aromatic N) is 1. The van der Waals surface area contributed by atoms with Crippen molar-refractivity contribution in [3.8, 4) is 0 Å². The quantitative estimate of drug-likeness (QED) is 0.665. The molecule has 0 aromatic heterocycles. The van der Waals surface area contributed by atoms with E-state index in [1.807, 2.05) is 32.0 Å². The number of hydrogen-bond acceptors (Lipinski definition) is 5. The van der Waals surface area contributed by atoms with E-state index in [0.29, 0.717) is 24.3 Å². The van der Waals surface area contributed by atoms with Gasteiger partial charge in [-0.2, -0.15) is 0 Å². The summed E-state index contributed by atoms with van der Waals surface area (Å²) >= 11 is 0. The Morgan fingerprint density at radius 3 is 2.39 bits per heavy atom. The molecule has 162 valence electrons. The molecule has 1 aliphatic heterocycles. The van der Waals surface area contributed by atoms with Gasteiger partial charge in [-0.1, -0.05) is 30.3 Å². The maximum absolute atomic E-state index is 12.5. The first-order chi connectivity index (χ1) is 14.9. The number of nitrogens with one attached hydrogen (secondary N) is 2. The molecule has 2 N–H and O–H groups in total. The number of carbonyl (C=O) groups is 4. The summed E-state index contributed by atoms with van der Waals surface area (Å²) in [6, 6.07) is 12.3. The number of para-hydroxylation sites is 2. The van der Waals surface area contributed by atoms with Crippen molar-refractivity contribution < 1.29 is 23.9 Å². The van der Waals surface area contributed by atoms with Crippen LogP contribution in [0.1, 0.15) is 34.3 Å². The summed E-state index contributed by atoms with van der Waals surface area (Å²) in [6.07, 6.45) is 1.17. The second kappa shape index (κ2) is 9.88. The van der Waals surface area contributed by atoms with Gasteiger partial charge < -0.3 is 20.3 Å². The van der Waals surface area contributed by atoms with Crippen LogP contribution in [0.2, 0.25) is 0 Å². The van der Waals surface area contributed by atoms with Gasteiger partial charge in [0.1, 0.15) is 0 Å². The Balaban J connectivity index is 1.51. The van der Waals surface area contributed by atoms with Crippen molar-refractivity contribution in [1.29, 1.82) is 0 Å². The van der Waals surface area contributed by atoms with Crippen LogP contribution in [0, 0.1) is 13.8 Å². The maximum Gasteiger partial charge on any atom is 0.340 e. The molecule has 1 heterocycles. The molecule has 1 saturated heterocycles. The van der Waals surface area contributed by atoms with Gasteiger partial charge in [-0.05, 0) is 43.5 Å². The Morgan fingerprint density at radius 1 is 1.00 bits per heavy atom. The van der Waals surface area contributed by atoms with Crippen LogP contribution < -0.4 is 15.5 Å². The standard InChI is InChI=1S/C23H25N3O5/c1-15-7-5-8-16(2)22(15)25-19(27)13-24-20(28)14-31-23(30)17-9-3-4-10-18(17)26-12-6-11-21(26)29/h3-5,7-10H,6,11-14H2,1-2H3,(H,24,28)(H,25,27). The molecular weight excluding hydrogens is 398 g/mol. The molecule has 2 aromatic rings. The van der Waals surface area contributed by atoms with Crippen LogP contribution >= 0.6 is 0 Å². The topological polar surface area (TPSA) is 105 Å². The van der Waals surface area contributed by atoms with Crippen LogP contribution in [-0.4, -0.2) is 43.4 Å². The molecule has 0 aliphatic carbocycles. The molecule has 0 bridgehead atoms. The van der Waals surface area contributed by atoms with Crippen LogP contribution in [-0.2, 0) is 19.1 Å². The lowest BCUT2D eigenvalue weighted by atomic mass is 10.1. The Labute approximate surface area is 180 Å². The molecule has 1 fully saturated rings. The van der Waals surface area contributed by atoms with E-state index in [4.69, 9.17) is 4.74 Å².